The van der Waals surface area contributed by atoms with Crippen LogP contribution >= 0.6 is 0 Å². The van der Waals surface area contributed by atoms with Crippen LogP contribution in [0.5, 0.6) is 0 Å². The molecule has 1 aliphatic rings. The molecular weight excluding hydrogens is 382 g/mol. The van der Waals surface area contributed by atoms with Crippen molar-refractivity contribution in [3.05, 3.63) is 40.8 Å². The first kappa shape index (κ1) is 20.0. The number of carbonyl (C=O) groups is 1. The predicted octanol–water partition coefficient (Wildman–Crippen LogP) is 0.329. The topological polar surface area (TPSA) is 118 Å². The van der Waals surface area contributed by atoms with Crippen LogP contribution in [-0.4, -0.2) is 68.6 Å². The fourth-order valence-corrected chi connectivity index (χ4v) is 3.77. The highest BCUT2D eigenvalue weighted by Crippen LogP contribution is 2.19. The van der Waals surface area contributed by atoms with Crippen molar-refractivity contribution in [1.29, 1.82) is 0 Å². The second-order valence-corrected chi connectivity index (χ2v) is 7.67. The van der Waals surface area contributed by atoms with E-state index in [1.165, 1.54) is 0 Å². The highest BCUT2D eigenvalue weighted by molar-refractivity contribution is 5.79. The van der Waals surface area contributed by atoms with Gasteiger partial charge >= 0.3 is 0 Å². The zero-order valence-corrected chi connectivity index (χ0v) is 17.6. The van der Waals surface area contributed by atoms with Crippen LogP contribution < -0.4 is 16.0 Å². The first-order valence-corrected chi connectivity index (χ1v) is 10.0. The number of nitrogen functional groups attached to an aromatic ring is 1. The van der Waals surface area contributed by atoms with Gasteiger partial charge in [0.15, 0.2) is 0 Å². The van der Waals surface area contributed by atoms with Crippen molar-refractivity contribution in [1.82, 2.24) is 34.8 Å². The van der Waals surface area contributed by atoms with Gasteiger partial charge in [-0.05, 0) is 27.0 Å². The van der Waals surface area contributed by atoms with Crippen LogP contribution in [0.3, 0.4) is 0 Å². The molecule has 3 N–H and O–H groups in total. The van der Waals surface area contributed by atoms with Gasteiger partial charge in [0.25, 0.3) is 5.78 Å². The normalized spacial score (nSPS) is 15.0. The number of aromatic nitrogens is 5. The molecule has 0 aliphatic carbocycles. The summed E-state index contributed by atoms with van der Waals surface area (Å²) in [6, 6.07) is 3.92. The summed E-state index contributed by atoms with van der Waals surface area (Å²) in [5.41, 5.74) is 9.09. The number of fused-ring (bicyclic) bond motifs is 1. The van der Waals surface area contributed by atoms with Gasteiger partial charge in [-0.3, -0.25) is 4.79 Å². The summed E-state index contributed by atoms with van der Waals surface area (Å²) in [7, 11) is 2.13. The number of likely N-dealkylation sites (N-methyl/N-ethyl adjacent to an activating group) is 1. The lowest BCUT2D eigenvalue weighted by atomic mass is 10.1. The van der Waals surface area contributed by atoms with Crippen molar-refractivity contribution >= 4 is 23.5 Å². The van der Waals surface area contributed by atoms with Crippen molar-refractivity contribution in [2.24, 2.45) is 0 Å². The molecule has 1 aliphatic heterocycles. The second-order valence-electron chi connectivity index (χ2n) is 7.67. The lowest BCUT2D eigenvalue weighted by Crippen LogP contribution is -2.45. The van der Waals surface area contributed by atoms with E-state index in [-0.39, 0.29) is 18.3 Å². The molecule has 0 spiro atoms. The average Bonchev–Trinajstić information content (AvgIpc) is 3.11. The quantitative estimate of drug-likeness (QED) is 0.619. The van der Waals surface area contributed by atoms with E-state index >= 15 is 0 Å². The first-order chi connectivity index (χ1) is 14.4. The highest BCUT2D eigenvalue weighted by Gasteiger charge is 2.19. The number of pyridine rings is 1. The van der Waals surface area contributed by atoms with Gasteiger partial charge < -0.3 is 20.9 Å². The van der Waals surface area contributed by atoms with Crippen LogP contribution in [0.4, 0.5) is 11.8 Å². The van der Waals surface area contributed by atoms with E-state index in [2.05, 4.69) is 42.2 Å². The molecule has 3 aromatic heterocycles. The van der Waals surface area contributed by atoms with E-state index < -0.39 is 0 Å². The lowest BCUT2D eigenvalue weighted by Gasteiger charge is -2.34. The maximum absolute atomic E-state index is 12.7. The minimum Gasteiger partial charge on any atom is -0.366 e. The van der Waals surface area contributed by atoms with E-state index in [4.69, 9.17) is 5.73 Å². The summed E-state index contributed by atoms with van der Waals surface area (Å²) in [5, 5.41) is 7.19. The van der Waals surface area contributed by atoms with Crippen LogP contribution in [0, 0.1) is 13.8 Å². The summed E-state index contributed by atoms with van der Waals surface area (Å²) in [5.74, 6) is 1.47. The number of amides is 1. The molecular formula is C20H27N9O. The molecule has 30 heavy (non-hydrogen) atoms. The van der Waals surface area contributed by atoms with Crippen LogP contribution in [0.1, 0.15) is 22.5 Å². The number of rotatable bonds is 5. The summed E-state index contributed by atoms with van der Waals surface area (Å²) >= 11 is 0. The Balaban J connectivity index is 1.46. The number of nitrogens with one attached hydrogen (secondary N) is 1. The summed E-state index contributed by atoms with van der Waals surface area (Å²) in [6.45, 7) is 8.06. The molecule has 1 amide bonds. The number of aryl methyl sites for hydroxylation is 2. The van der Waals surface area contributed by atoms with Gasteiger partial charge in [-0.1, -0.05) is 6.07 Å². The third-order valence-electron chi connectivity index (χ3n) is 5.55. The second kappa shape index (κ2) is 8.23. The number of nitrogens with zero attached hydrogens (tertiary/aromatic N) is 7. The van der Waals surface area contributed by atoms with Gasteiger partial charge in [0, 0.05) is 61.4 Å². The number of piperazine rings is 1. The molecule has 3 aromatic rings. The minimum absolute atomic E-state index is 0.0800. The first-order valence-electron chi connectivity index (χ1n) is 10.0. The fourth-order valence-electron chi connectivity index (χ4n) is 3.77. The number of nitrogens with two attached hydrogens (primary N) is 1. The molecule has 0 radical (unpaired) electrons. The van der Waals surface area contributed by atoms with E-state index in [1.54, 1.807) is 10.7 Å². The molecule has 10 nitrogen and oxygen atoms in total. The van der Waals surface area contributed by atoms with Crippen LogP contribution in [0.15, 0.2) is 18.3 Å². The maximum atomic E-state index is 12.7. The molecule has 4 heterocycles. The largest absolute Gasteiger partial charge is 0.366 e. The number of hydrogen-bond donors (Lipinski definition) is 2. The Morgan fingerprint density at radius 3 is 2.73 bits per heavy atom. The van der Waals surface area contributed by atoms with Crippen LogP contribution in [0.2, 0.25) is 0 Å². The molecule has 4 rings (SSSR count). The number of hydrogen-bond acceptors (Lipinski definition) is 8. The standard InChI is InChI=1S/C20H27N9O/c1-13-16(14(2)29-20(24-13)25-19(21)26-29)11-17(30)23-12-15-5-4-6-22-18(15)28-9-7-27(3)8-10-28/h4-6H,7-12H2,1-3H3,(H2,21,26)(H,23,30). The Hall–Kier alpha value is -3.27. The molecule has 0 aromatic carbocycles. The molecule has 0 atom stereocenters. The van der Waals surface area contributed by atoms with Gasteiger partial charge in [-0.2, -0.15) is 9.50 Å². The van der Waals surface area contributed by atoms with Gasteiger partial charge in [-0.15, -0.1) is 5.10 Å². The molecule has 1 saturated heterocycles. The van der Waals surface area contributed by atoms with Gasteiger partial charge in [0.05, 0.1) is 6.42 Å². The van der Waals surface area contributed by atoms with Crippen molar-refractivity contribution in [3.8, 4) is 0 Å². The molecule has 0 saturated carbocycles. The Morgan fingerprint density at radius 1 is 1.20 bits per heavy atom. The Labute approximate surface area is 175 Å². The van der Waals surface area contributed by atoms with Crippen molar-refractivity contribution in [2.75, 3.05) is 43.9 Å². The molecule has 10 heteroatoms. The van der Waals surface area contributed by atoms with Crippen molar-refractivity contribution in [2.45, 2.75) is 26.8 Å². The highest BCUT2D eigenvalue weighted by atomic mass is 16.1. The van der Waals surface area contributed by atoms with Gasteiger partial charge in [-0.25, -0.2) is 9.97 Å². The number of carbonyl (C=O) groups excluding carboxylic acids is 1. The monoisotopic (exact) mass is 409 g/mol. The Morgan fingerprint density at radius 2 is 1.97 bits per heavy atom. The zero-order chi connectivity index (χ0) is 21.3. The summed E-state index contributed by atoms with van der Waals surface area (Å²) in [4.78, 5) is 30.4. The average molecular weight is 409 g/mol. The van der Waals surface area contributed by atoms with E-state index in [0.29, 0.717) is 12.3 Å². The SMILES string of the molecule is Cc1nc2nc(N)nn2c(C)c1CC(=O)NCc1cccnc1N1CCN(C)CC1. The van der Waals surface area contributed by atoms with E-state index in [0.717, 1.165) is 54.5 Å². The lowest BCUT2D eigenvalue weighted by molar-refractivity contribution is -0.120. The third kappa shape index (κ3) is 4.04. The van der Waals surface area contributed by atoms with Crippen LogP contribution in [-0.2, 0) is 17.8 Å². The van der Waals surface area contributed by atoms with Gasteiger partial charge in [0.1, 0.15) is 5.82 Å². The maximum Gasteiger partial charge on any atom is 0.254 e. The summed E-state index contributed by atoms with van der Waals surface area (Å²) < 4.78 is 1.58. The van der Waals surface area contributed by atoms with Crippen LogP contribution in [0.25, 0.3) is 5.78 Å². The molecule has 1 fully saturated rings. The van der Waals surface area contributed by atoms with E-state index in [1.807, 2.05) is 26.0 Å². The predicted molar refractivity (Wildman–Crippen MR) is 114 cm³/mol. The summed E-state index contributed by atoms with van der Waals surface area (Å²) in [6.07, 6.45) is 2.01. The number of anilines is 2. The smallest absolute Gasteiger partial charge is 0.254 e. The van der Waals surface area contributed by atoms with Crippen molar-refractivity contribution in [3.63, 3.8) is 0 Å². The fraction of sp³-hybridized carbons (Fsp3) is 0.450. The molecule has 158 valence electrons. The zero-order valence-electron chi connectivity index (χ0n) is 17.6. The van der Waals surface area contributed by atoms with E-state index in [9.17, 15) is 4.79 Å². The van der Waals surface area contributed by atoms with Gasteiger partial charge in [0.2, 0.25) is 11.9 Å². The Kier molecular flexibility index (Phi) is 5.49. The molecule has 0 unspecified atom stereocenters. The van der Waals surface area contributed by atoms with Crippen molar-refractivity contribution < 1.29 is 4.79 Å². The Bertz CT molecular complexity index is 1070. The molecule has 0 bridgehead atoms. The third-order valence-corrected chi connectivity index (χ3v) is 5.55. The minimum atomic E-state index is -0.0800.